The fourth-order valence-corrected chi connectivity index (χ4v) is 2.11. The van der Waals surface area contributed by atoms with E-state index in [1.807, 2.05) is 25.1 Å². The van der Waals surface area contributed by atoms with E-state index in [1.165, 1.54) is 12.1 Å². The maximum Gasteiger partial charge on any atom is 0.251 e. The molecule has 6 heteroatoms. The van der Waals surface area contributed by atoms with Crippen molar-refractivity contribution >= 4 is 40.7 Å². The molecule has 0 bridgehead atoms. The molecule has 0 unspecified atom stereocenters. The lowest BCUT2D eigenvalue weighted by molar-refractivity contribution is -0.115. The van der Waals surface area contributed by atoms with Crippen LogP contribution in [0.15, 0.2) is 42.5 Å². The molecule has 0 saturated carbocycles. The molecule has 2 aromatic rings. The molecular weight excluding hydrogens is 323 g/mol. The molecule has 0 spiro atoms. The van der Waals surface area contributed by atoms with Crippen LogP contribution in [0.25, 0.3) is 0 Å². The minimum absolute atomic E-state index is 0.132. The van der Waals surface area contributed by atoms with Gasteiger partial charge in [-0.2, -0.15) is 0 Å². The van der Waals surface area contributed by atoms with E-state index in [0.29, 0.717) is 15.6 Å². The molecule has 0 fully saturated rings. The van der Waals surface area contributed by atoms with Crippen molar-refractivity contribution in [1.82, 2.24) is 5.32 Å². The molecule has 0 saturated heterocycles. The second-order valence-corrected chi connectivity index (χ2v) is 5.49. The Balaban J connectivity index is 1.92. The first-order valence-electron chi connectivity index (χ1n) is 6.56. The van der Waals surface area contributed by atoms with Crippen molar-refractivity contribution in [2.45, 2.75) is 6.92 Å². The summed E-state index contributed by atoms with van der Waals surface area (Å²) < 4.78 is 0. The third kappa shape index (κ3) is 4.23. The number of benzene rings is 2. The first-order valence-corrected chi connectivity index (χ1v) is 7.31. The van der Waals surface area contributed by atoms with Crippen LogP contribution in [0.3, 0.4) is 0 Å². The van der Waals surface area contributed by atoms with Crippen LogP contribution in [-0.2, 0) is 4.79 Å². The lowest BCUT2D eigenvalue weighted by atomic mass is 10.2. The number of nitrogens with one attached hydrogen (secondary N) is 2. The molecule has 2 rings (SSSR count). The van der Waals surface area contributed by atoms with E-state index in [-0.39, 0.29) is 12.5 Å². The van der Waals surface area contributed by atoms with Crippen LogP contribution in [0.4, 0.5) is 5.69 Å². The van der Waals surface area contributed by atoms with Gasteiger partial charge in [-0.05, 0) is 36.8 Å². The predicted molar refractivity (Wildman–Crippen MR) is 88.6 cm³/mol. The number of halogens is 2. The number of carbonyl (C=O) groups is 2. The van der Waals surface area contributed by atoms with Crippen molar-refractivity contribution in [3.05, 3.63) is 63.6 Å². The monoisotopic (exact) mass is 336 g/mol. The van der Waals surface area contributed by atoms with Gasteiger partial charge in [0.2, 0.25) is 5.91 Å². The molecule has 114 valence electrons. The van der Waals surface area contributed by atoms with E-state index in [9.17, 15) is 9.59 Å². The Morgan fingerprint density at radius 2 is 1.77 bits per heavy atom. The Morgan fingerprint density at radius 3 is 2.45 bits per heavy atom. The molecule has 0 aliphatic carbocycles. The minimum Gasteiger partial charge on any atom is -0.343 e. The zero-order valence-corrected chi connectivity index (χ0v) is 13.3. The third-order valence-electron chi connectivity index (χ3n) is 3.01. The van der Waals surface area contributed by atoms with Crippen LogP contribution in [0, 0.1) is 6.92 Å². The van der Waals surface area contributed by atoms with Crippen LogP contribution < -0.4 is 10.6 Å². The fraction of sp³-hybridized carbons (Fsp3) is 0.125. The lowest BCUT2D eigenvalue weighted by Crippen LogP contribution is -2.33. The predicted octanol–water partition coefficient (Wildman–Crippen LogP) is 3.67. The summed E-state index contributed by atoms with van der Waals surface area (Å²) in [6, 6.07) is 11.9. The number of para-hydroxylation sites is 1. The number of anilines is 1. The Bertz CT molecular complexity index is 717. The molecule has 0 radical (unpaired) electrons. The normalized spacial score (nSPS) is 10.1. The largest absolute Gasteiger partial charge is 0.343 e. The molecule has 2 amide bonds. The smallest absolute Gasteiger partial charge is 0.251 e. The topological polar surface area (TPSA) is 58.2 Å². The third-order valence-corrected chi connectivity index (χ3v) is 3.75. The average Bonchev–Trinajstić information content (AvgIpc) is 2.50. The summed E-state index contributed by atoms with van der Waals surface area (Å²) in [5, 5.41) is 5.93. The molecule has 0 aliphatic rings. The van der Waals surface area contributed by atoms with Crippen molar-refractivity contribution in [1.29, 1.82) is 0 Å². The highest BCUT2D eigenvalue weighted by Gasteiger charge is 2.10. The van der Waals surface area contributed by atoms with Crippen LogP contribution in [0.1, 0.15) is 15.9 Å². The van der Waals surface area contributed by atoms with Gasteiger partial charge < -0.3 is 10.6 Å². The zero-order chi connectivity index (χ0) is 16.1. The Labute approximate surface area is 138 Å². The molecule has 0 heterocycles. The van der Waals surface area contributed by atoms with Crippen molar-refractivity contribution in [3.8, 4) is 0 Å². The van der Waals surface area contributed by atoms with Gasteiger partial charge in [0.1, 0.15) is 0 Å². The first kappa shape index (κ1) is 16.3. The summed E-state index contributed by atoms with van der Waals surface area (Å²) >= 11 is 11.6. The van der Waals surface area contributed by atoms with Crippen molar-refractivity contribution in [3.63, 3.8) is 0 Å². The summed E-state index contributed by atoms with van der Waals surface area (Å²) in [6.07, 6.45) is 0. The highest BCUT2D eigenvalue weighted by Crippen LogP contribution is 2.22. The van der Waals surface area contributed by atoms with E-state index in [4.69, 9.17) is 23.2 Å². The van der Waals surface area contributed by atoms with Gasteiger partial charge in [0.25, 0.3) is 5.91 Å². The summed E-state index contributed by atoms with van der Waals surface area (Å²) in [4.78, 5) is 23.8. The van der Waals surface area contributed by atoms with Gasteiger partial charge >= 0.3 is 0 Å². The Hall–Kier alpha value is -2.04. The fourth-order valence-electron chi connectivity index (χ4n) is 1.81. The van der Waals surface area contributed by atoms with Gasteiger partial charge in [0.15, 0.2) is 0 Å². The lowest BCUT2D eigenvalue weighted by Gasteiger charge is -2.09. The van der Waals surface area contributed by atoms with Gasteiger partial charge in [0, 0.05) is 11.3 Å². The number of carbonyl (C=O) groups excluding carboxylic acids is 2. The summed E-state index contributed by atoms with van der Waals surface area (Å²) in [6.45, 7) is 1.76. The second kappa shape index (κ2) is 7.29. The number of hydrogen-bond acceptors (Lipinski definition) is 2. The summed E-state index contributed by atoms with van der Waals surface area (Å²) in [5.41, 5.74) is 2.01. The molecule has 22 heavy (non-hydrogen) atoms. The Kier molecular flexibility index (Phi) is 5.41. The van der Waals surface area contributed by atoms with E-state index in [0.717, 1.165) is 11.3 Å². The van der Waals surface area contributed by atoms with Gasteiger partial charge in [-0.15, -0.1) is 0 Å². The highest BCUT2D eigenvalue weighted by molar-refractivity contribution is 6.42. The molecular formula is C16H14Cl2N2O2. The standard InChI is InChI=1S/C16H14Cl2N2O2/c1-10-4-2-3-5-14(10)20-15(21)9-19-16(22)11-6-7-12(17)13(18)8-11/h2-8H,9H2,1H3,(H,19,22)(H,20,21). The van der Waals surface area contributed by atoms with Gasteiger partial charge in [0.05, 0.1) is 16.6 Å². The molecule has 2 aromatic carbocycles. The zero-order valence-electron chi connectivity index (χ0n) is 11.8. The van der Waals surface area contributed by atoms with E-state index in [1.54, 1.807) is 12.1 Å². The van der Waals surface area contributed by atoms with E-state index in [2.05, 4.69) is 10.6 Å². The number of amides is 2. The quantitative estimate of drug-likeness (QED) is 0.894. The van der Waals surface area contributed by atoms with Crippen LogP contribution in [0.2, 0.25) is 10.0 Å². The molecule has 4 nitrogen and oxygen atoms in total. The summed E-state index contributed by atoms with van der Waals surface area (Å²) in [7, 11) is 0. The van der Waals surface area contributed by atoms with Crippen molar-refractivity contribution in [2.75, 3.05) is 11.9 Å². The van der Waals surface area contributed by atoms with Gasteiger partial charge in [-0.1, -0.05) is 41.4 Å². The molecule has 0 aliphatic heterocycles. The minimum atomic E-state index is -0.390. The molecule has 2 N–H and O–H groups in total. The molecule has 0 atom stereocenters. The maximum absolute atomic E-state index is 11.9. The van der Waals surface area contributed by atoms with Crippen LogP contribution in [0.5, 0.6) is 0 Å². The summed E-state index contributed by atoms with van der Waals surface area (Å²) in [5.74, 6) is -0.693. The number of hydrogen-bond donors (Lipinski definition) is 2. The number of rotatable bonds is 4. The second-order valence-electron chi connectivity index (χ2n) is 4.67. The SMILES string of the molecule is Cc1ccccc1NC(=O)CNC(=O)c1ccc(Cl)c(Cl)c1. The Morgan fingerprint density at radius 1 is 1.05 bits per heavy atom. The maximum atomic E-state index is 11.9. The molecule has 0 aromatic heterocycles. The van der Waals surface area contributed by atoms with Crippen LogP contribution >= 0.6 is 23.2 Å². The van der Waals surface area contributed by atoms with Crippen molar-refractivity contribution < 1.29 is 9.59 Å². The van der Waals surface area contributed by atoms with Gasteiger partial charge in [-0.3, -0.25) is 9.59 Å². The van der Waals surface area contributed by atoms with E-state index < -0.39 is 5.91 Å². The average molecular weight is 337 g/mol. The van der Waals surface area contributed by atoms with E-state index >= 15 is 0 Å². The highest BCUT2D eigenvalue weighted by atomic mass is 35.5. The first-order chi connectivity index (χ1) is 10.5. The van der Waals surface area contributed by atoms with Crippen LogP contribution in [-0.4, -0.2) is 18.4 Å². The van der Waals surface area contributed by atoms with Crippen molar-refractivity contribution in [2.24, 2.45) is 0 Å². The van der Waals surface area contributed by atoms with Gasteiger partial charge in [-0.25, -0.2) is 0 Å². The number of aryl methyl sites for hydroxylation is 1.